The third kappa shape index (κ3) is 8.13. The highest BCUT2D eigenvalue weighted by molar-refractivity contribution is 9.10. The van der Waals surface area contributed by atoms with Gasteiger partial charge in [-0.25, -0.2) is 4.39 Å². The number of anilines is 2. The fourth-order valence-corrected chi connectivity index (χ4v) is 4.50. The van der Waals surface area contributed by atoms with Gasteiger partial charge in [0.1, 0.15) is 11.5 Å². The Morgan fingerprint density at radius 2 is 1.46 bits per heavy atom. The Bertz CT molecular complexity index is 1510. The molecule has 0 fully saturated rings. The molecule has 0 saturated heterocycles. The van der Waals surface area contributed by atoms with Gasteiger partial charge in [0.15, 0.2) is 0 Å². The lowest BCUT2D eigenvalue weighted by molar-refractivity contribution is -0.114. The minimum atomic E-state index is -0.615. The van der Waals surface area contributed by atoms with Gasteiger partial charge in [-0.1, -0.05) is 48.5 Å². The molecule has 4 aromatic carbocycles. The molecule has 0 unspecified atom stereocenters. The van der Waals surface area contributed by atoms with E-state index in [1.165, 1.54) is 30.0 Å². The van der Waals surface area contributed by atoms with Crippen molar-refractivity contribution >= 4 is 62.9 Å². The molecular formula is C30H23BrFN3O3S. The molecule has 39 heavy (non-hydrogen) atoms. The summed E-state index contributed by atoms with van der Waals surface area (Å²) in [5, 5.41) is 8.17. The van der Waals surface area contributed by atoms with E-state index in [9.17, 15) is 18.8 Å². The first-order valence-electron chi connectivity index (χ1n) is 11.8. The zero-order chi connectivity index (χ0) is 27.6. The van der Waals surface area contributed by atoms with Crippen molar-refractivity contribution in [3.63, 3.8) is 0 Å². The van der Waals surface area contributed by atoms with Gasteiger partial charge in [0.05, 0.1) is 11.4 Å². The summed E-state index contributed by atoms with van der Waals surface area (Å²) in [6.45, 7) is 0. The molecule has 0 aliphatic heterocycles. The average molecular weight is 605 g/mol. The molecule has 4 rings (SSSR count). The number of carbonyl (C=O) groups excluding carboxylic acids is 3. The highest BCUT2D eigenvalue weighted by atomic mass is 79.9. The van der Waals surface area contributed by atoms with Crippen LogP contribution in [0.25, 0.3) is 6.08 Å². The Morgan fingerprint density at radius 3 is 2.18 bits per heavy atom. The molecule has 0 atom stereocenters. The smallest absolute Gasteiger partial charge is 0.272 e. The Balaban J connectivity index is 1.41. The van der Waals surface area contributed by atoms with Crippen LogP contribution in [0.1, 0.15) is 15.9 Å². The van der Waals surface area contributed by atoms with Gasteiger partial charge in [-0.15, -0.1) is 11.8 Å². The SMILES string of the molecule is O=C(CSc1ccc(NC(=O)/C(=C/c2ccccc2F)NC(=O)c2ccccc2)cc1)Nc1ccccc1Br. The van der Waals surface area contributed by atoms with Crippen LogP contribution in [-0.2, 0) is 9.59 Å². The number of hydrogen-bond donors (Lipinski definition) is 3. The number of carbonyl (C=O) groups is 3. The Kier molecular flexibility index (Phi) is 9.66. The maximum atomic E-state index is 14.3. The zero-order valence-electron chi connectivity index (χ0n) is 20.5. The number of rotatable bonds is 9. The van der Waals surface area contributed by atoms with Crippen LogP contribution in [0.4, 0.5) is 15.8 Å². The summed E-state index contributed by atoms with van der Waals surface area (Å²) in [6, 6.07) is 28.7. The van der Waals surface area contributed by atoms with Gasteiger partial charge in [-0.3, -0.25) is 14.4 Å². The molecule has 0 aromatic heterocycles. The maximum absolute atomic E-state index is 14.3. The quantitative estimate of drug-likeness (QED) is 0.146. The maximum Gasteiger partial charge on any atom is 0.272 e. The molecule has 0 radical (unpaired) electrons. The van der Waals surface area contributed by atoms with Crippen molar-refractivity contribution in [2.24, 2.45) is 0 Å². The number of halogens is 2. The molecule has 0 heterocycles. The van der Waals surface area contributed by atoms with Gasteiger partial charge >= 0.3 is 0 Å². The van der Waals surface area contributed by atoms with Crippen LogP contribution >= 0.6 is 27.7 Å². The Labute approximate surface area is 237 Å². The molecule has 0 saturated carbocycles. The molecule has 6 nitrogen and oxygen atoms in total. The van der Waals surface area contributed by atoms with E-state index in [1.54, 1.807) is 72.8 Å². The lowest BCUT2D eigenvalue weighted by Gasteiger charge is -2.12. The van der Waals surface area contributed by atoms with Gasteiger partial charge in [0, 0.05) is 26.2 Å². The molecule has 0 spiro atoms. The van der Waals surface area contributed by atoms with Gasteiger partial charge < -0.3 is 16.0 Å². The van der Waals surface area contributed by atoms with Crippen molar-refractivity contribution in [2.75, 3.05) is 16.4 Å². The van der Waals surface area contributed by atoms with E-state index < -0.39 is 17.6 Å². The van der Waals surface area contributed by atoms with E-state index in [1.807, 2.05) is 18.2 Å². The molecule has 3 amide bonds. The van der Waals surface area contributed by atoms with Crippen LogP contribution < -0.4 is 16.0 Å². The molecular weight excluding hydrogens is 581 g/mol. The van der Waals surface area contributed by atoms with Crippen molar-refractivity contribution in [3.05, 3.63) is 130 Å². The minimum Gasteiger partial charge on any atom is -0.324 e. The van der Waals surface area contributed by atoms with Crippen LogP contribution in [0.3, 0.4) is 0 Å². The molecule has 0 bridgehead atoms. The predicted molar refractivity (Wildman–Crippen MR) is 157 cm³/mol. The molecule has 0 aliphatic carbocycles. The number of benzene rings is 4. The average Bonchev–Trinajstić information content (AvgIpc) is 2.95. The minimum absolute atomic E-state index is 0.115. The van der Waals surface area contributed by atoms with Crippen molar-refractivity contribution in [1.29, 1.82) is 0 Å². The molecule has 4 aromatic rings. The second-order valence-electron chi connectivity index (χ2n) is 8.19. The van der Waals surface area contributed by atoms with Gasteiger partial charge in [-0.05, 0) is 76.6 Å². The molecule has 3 N–H and O–H groups in total. The van der Waals surface area contributed by atoms with Gasteiger partial charge in [0.25, 0.3) is 11.8 Å². The van der Waals surface area contributed by atoms with Crippen LogP contribution in [0.2, 0.25) is 0 Å². The van der Waals surface area contributed by atoms with Crippen molar-refractivity contribution in [3.8, 4) is 0 Å². The molecule has 196 valence electrons. The number of hydrogen-bond acceptors (Lipinski definition) is 4. The monoisotopic (exact) mass is 603 g/mol. The van der Waals surface area contributed by atoms with Crippen LogP contribution in [0.15, 0.2) is 118 Å². The number of thioether (sulfide) groups is 1. The van der Waals surface area contributed by atoms with E-state index in [0.717, 1.165) is 9.37 Å². The van der Waals surface area contributed by atoms with Crippen LogP contribution in [0, 0.1) is 5.82 Å². The predicted octanol–water partition coefficient (Wildman–Crippen LogP) is 6.73. The number of nitrogens with one attached hydrogen (secondary N) is 3. The first-order valence-corrected chi connectivity index (χ1v) is 13.6. The van der Waals surface area contributed by atoms with Gasteiger partial charge in [-0.2, -0.15) is 0 Å². The normalized spacial score (nSPS) is 11.0. The summed E-state index contributed by atoms with van der Waals surface area (Å²) in [6.07, 6.45) is 1.29. The van der Waals surface area contributed by atoms with E-state index in [4.69, 9.17) is 0 Å². The largest absolute Gasteiger partial charge is 0.324 e. The first-order chi connectivity index (χ1) is 18.9. The van der Waals surface area contributed by atoms with Crippen molar-refractivity contribution < 1.29 is 18.8 Å². The number of amides is 3. The Hall–Kier alpha value is -4.21. The van der Waals surface area contributed by atoms with Crippen LogP contribution in [0.5, 0.6) is 0 Å². The Morgan fingerprint density at radius 1 is 0.795 bits per heavy atom. The van der Waals surface area contributed by atoms with Crippen molar-refractivity contribution in [1.82, 2.24) is 5.32 Å². The summed E-state index contributed by atoms with van der Waals surface area (Å²) in [4.78, 5) is 39.0. The highest BCUT2D eigenvalue weighted by Crippen LogP contribution is 2.24. The van der Waals surface area contributed by atoms with Crippen molar-refractivity contribution in [2.45, 2.75) is 4.90 Å². The zero-order valence-corrected chi connectivity index (χ0v) is 22.9. The summed E-state index contributed by atoms with van der Waals surface area (Å²) in [7, 11) is 0. The van der Waals surface area contributed by atoms with E-state index in [0.29, 0.717) is 16.9 Å². The summed E-state index contributed by atoms with van der Waals surface area (Å²) < 4.78 is 15.1. The lowest BCUT2D eigenvalue weighted by Crippen LogP contribution is -2.30. The molecule has 0 aliphatic rings. The highest BCUT2D eigenvalue weighted by Gasteiger charge is 2.16. The second-order valence-corrected chi connectivity index (χ2v) is 10.1. The second kappa shape index (κ2) is 13.5. The standard InChI is InChI=1S/C30H23BrFN3O3S/c31-24-11-5-7-13-26(24)34-28(36)19-39-23-16-14-22(15-17-23)33-30(38)27(18-21-10-4-6-12-25(21)32)35-29(37)20-8-2-1-3-9-20/h1-18H,19H2,(H,33,38)(H,34,36)(H,35,37)/b27-18-. The van der Waals surface area contributed by atoms with Crippen LogP contribution in [-0.4, -0.2) is 23.5 Å². The lowest BCUT2D eigenvalue weighted by atomic mass is 10.1. The van der Waals surface area contributed by atoms with E-state index >= 15 is 0 Å². The third-order valence-electron chi connectivity index (χ3n) is 5.36. The van der Waals surface area contributed by atoms with Gasteiger partial charge in [0.2, 0.25) is 5.91 Å². The van der Waals surface area contributed by atoms with E-state index in [2.05, 4.69) is 31.9 Å². The number of para-hydroxylation sites is 1. The fourth-order valence-electron chi connectivity index (χ4n) is 3.42. The summed E-state index contributed by atoms with van der Waals surface area (Å²) in [5.41, 5.74) is 1.56. The first kappa shape index (κ1) is 27.8. The third-order valence-corrected chi connectivity index (χ3v) is 7.07. The topological polar surface area (TPSA) is 87.3 Å². The summed E-state index contributed by atoms with van der Waals surface area (Å²) >= 11 is 4.75. The fraction of sp³-hybridized carbons (Fsp3) is 0.0333. The summed E-state index contributed by atoms with van der Waals surface area (Å²) in [5.74, 6) is -1.59. The van der Waals surface area contributed by atoms with E-state index in [-0.39, 0.29) is 22.9 Å². The molecule has 9 heteroatoms.